The second-order valence-electron chi connectivity index (χ2n) is 10.7. The van der Waals surface area contributed by atoms with Crippen molar-refractivity contribution in [3.63, 3.8) is 0 Å². The number of ether oxygens (including phenoxy) is 2. The Kier molecular flexibility index (Phi) is 6.54. The summed E-state index contributed by atoms with van der Waals surface area (Å²) < 4.78 is 10.7. The molecular weight excluding hydrogens is 510 g/mol. The van der Waals surface area contributed by atoms with Crippen molar-refractivity contribution in [1.82, 2.24) is 0 Å². The number of benzene rings is 3. The number of anilines is 1. The number of ketones is 1. The highest BCUT2D eigenvalue weighted by Crippen LogP contribution is 2.56. The molecule has 8 nitrogen and oxygen atoms in total. The third-order valence-corrected chi connectivity index (χ3v) is 8.30. The Morgan fingerprint density at radius 2 is 1.38 bits per heavy atom. The highest BCUT2D eigenvalue weighted by atomic mass is 16.5. The average molecular weight is 538 g/mol. The molecule has 1 saturated heterocycles. The van der Waals surface area contributed by atoms with Crippen molar-refractivity contribution in [2.75, 3.05) is 11.5 Å². The smallest absolute Gasteiger partial charge is 0.343 e. The van der Waals surface area contributed by atoms with Gasteiger partial charge in [0.15, 0.2) is 12.4 Å². The van der Waals surface area contributed by atoms with Crippen LogP contribution in [-0.4, -0.2) is 36.1 Å². The molecular formula is C32H27NO7. The first-order valence-corrected chi connectivity index (χ1v) is 13.4. The van der Waals surface area contributed by atoms with Crippen LogP contribution in [0.1, 0.15) is 55.9 Å². The lowest BCUT2D eigenvalue weighted by Crippen LogP contribution is -2.34. The van der Waals surface area contributed by atoms with Crippen LogP contribution in [0.4, 0.5) is 5.69 Å². The molecule has 4 unspecified atom stereocenters. The molecule has 8 heteroatoms. The number of aryl methyl sites for hydroxylation is 1. The van der Waals surface area contributed by atoms with Gasteiger partial charge in [0.25, 0.3) is 0 Å². The zero-order chi connectivity index (χ0) is 28.0. The number of nitrogens with zero attached hydrogens (tertiary/aromatic N) is 1. The summed E-state index contributed by atoms with van der Waals surface area (Å²) >= 11 is 0. The van der Waals surface area contributed by atoms with Crippen molar-refractivity contribution < 1.29 is 33.4 Å². The maximum Gasteiger partial charge on any atom is 0.343 e. The number of rotatable bonds is 7. The Morgan fingerprint density at radius 1 is 0.775 bits per heavy atom. The van der Waals surface area contributed by atoms with Crippen molar-refractivity contribution in [3.8, 4) is 5.75 Å². The van der Waals surface area contributed by atoms with Crippen LogP contribution in [-0.2, 0) is 14.3 Å². The van der Waals surface area contributed by atoms with Gasteiger partial charge in [-0.1, -0.05) is 29.8 Å². The Hall–Kier alpha value is -4.59. The van der Waals surface area contributed by atoms with Gasteiger partial charge >= 0.3 is 11.9 Å². The predicted octanol–water partition coefficient (Wildman–Crippen LogP) is 4.79. The number of carbonyl (C=O) groups is 5. The van der Waals surface area contributed by atoms with Crippen LogP contribution in [0.15, 0.2) is 72.8 Å². The fourth-order valence-corrected chi connectivity index (χ4v) is 6.34. The topological polar surface area (TPSA) is 107 Å². The lowest BCUT2D eigenvalue weighted by Gasteiger charge is -2.19. The minimum Gasteiger partial charge on any atom is -0.454 e. The molecule has 3 aromatic carbocycles. The molecule has 2 bridgehead atoms. The van der Waals surface area contributed by atoms with Crippen molar-refractivity contribution in [1.29, 1.82) is 0 Å². The largest absolute Gasteiger partial charge is 0.454 e. The summed E-state index contributed by atoms with van der Waals surface area (Å²) in [7, 11) is 0. The molecule has 2 amide bonds. The lowest BCUT2D eigenvalue weighted by molar-refractivity contribution is -0.123. The van der Waals surface area contributed by atoms with Gasteiger partial charge in [-0.15, -0.1) is 0 Å². The number of amides is 2. The molecule has 2 saturated carbocycles. The van der Waals surface area contributed by atoms with Crippen LogP contribution in [0.2, 0.25) is 0 Å². The lowest BCUT2D eigenvalue weighted by atomic mass is 9.81. The van der Waals surface area contributed by atoms with Gasteiger partial charge in [-0.05, 0) is 86.6 Å². The number of hydrogen-bond donors (Lipinski definition) is 0. The summed E-state index contributed by atoms with van der Waals surface area (Å²) in [6.45, 7) is 1.39. The number of carbonyl (C=O) groups excluding carboxylic acids is 5. The van der Waals surface area contributed by atoms with E-state index in [2.05, 4.69) is 0 Å². The van der Waals surface area contributed by atoms with E-state index in [4.69, 9.17) is 9.47 Å². The molecule has 40 heavy (non-hydrogen) atoms. The SMILES string of the molecule is Cc1ccc(C(=O)Oc2ccc(C(=O)COC(=O)c3ccccc3N3C(=O)C4C5CCC(C5)C4C3=O)cc2)cc1. The standard InChI is InChI=1S/C32H27NO7/c1-18-6-8-20(9-7-18)31(37)40-23-14-12-19(13-15-23)26(34)17-39-32(38)24-4-2-3-5-25(24)33-29(35)27-21-10-11-22(16-21)28(27)30(33)36/h2-9,12-15,21-22,27-28H,10-11,16-17H2,1H3. The van der Waals surface area contributed by atoms with Gasteiger partial charge in [0, 0.05) is 5.56 Å². The normalized spacial score (nSPS) is 22.8. The maximum absolute atomic E-state index is 13.3. The molecule has 202 valence electrons. The van der Waals surface area contributed by atoms with Crippen LogP contribution >= 0.6 is 0 Å². The van der Waals surface area contributed by atoms with E-state index < -0.39 is 24.3 Å². The third-order valence-electron chi connectivity index (χ3n) is 8.30. The van der Waals surface area contributed by atoms with Gasteiger partial charge in [-0.25, -0.2) is 14.5 Å². The molecule has 3 aliphatic rings. The van der Waals surface area contributed by atoms with Crippen molar-refractivity contribution >= 4 is 35.2 Å². The van der Waals surface area contributed by atoms with Gasteiger partial charge in [0.2, 0.25) is 11.8 Å². The first kappa shape index (κ1) is 25.7. The fraction of sp³-hybridized carbons (Fsp3) is 0.281. The summed E-state index contributed by atoms with van der Waals surface area (Å²) in [5.41, 5.74) is 1.96. The molecule has 1 aliphatic heterocycles. The first-order chi connectivity index (χ1) is 19.3. The van der Waals surface area contributed by atoms with Crippen molar-refractivity contribution in [2.24, 2.45) is 23.7 Å². The van der Waals surface area contributed by atoms with Crippen LogP contribution in [0, 0.1) is 30.6 Å². The van der Waals surface area contributed by atoms with E-state index in [0.717, 1.165) is 29.7 Å². The van der Waals surface area contributed by atoms with E-state index in [1.165, 1.54) is 30.3 Å². The fourth-order valence-electron chi connectivity index (χ4n) is 6.34. The minimum atomic E-state index is -0.798. The van der Waals surface area contributed by atoms with E-state index in [-0.39, 0.29) is 58.0 Å². The molecule has 3 fully saturated rings. The second-order valence-corrected chi connectivity index (χ2v) is 10.7. The van der Waals surface area contributed by atoms with Gasteiger partial charge in [-0.3, -0.25) is 14.4 Å². The zero-order valence-electron chi connectivity index (χ0n) is 21.9. The van der Waals surface area contributed by atoms with E-state index >= 15 is 0 Å². The Labute approximate surface area is 230 Å². The van der Waals surface area contributed by atoms with Gasteiger partial charge in [0.05, 0.1) is 28.7 Å². The summed E-state index contributed by atoms with van der Waals surface area (Å²) in [5, 5.41) is 0. The number of fused-ring (bicyclic) bond motifs is 5. The van der Waals surface area contributed by atoms with E-state index in [0.29, 0.717) is 5.56 Å². The summed E-state index contributed by atoms with van der Waals surface area (Å²) in [5.74, 6) is -2.16. The van der Waals surface area contributed by atoms with Crippen LogP contribution in [0.25, 0.3) is 0 Å². The van der Waals surface area contributed by atoms with Gasteiger partial charge in [0.1, 0.15) is 5.75 Å². The highest BCUT2D eigenvalue weighted by molar-refractivity contribution is 6.24. The Balaban J connectivity index is 1.10. The molecule has 2 aliphatic carbocycles. The van der Waals surface area contributed by atoms with E-state index in [1.807, 2.05) is 19.1 Å². The van der Waals surface area contributed by atoms with E-state index in [9.17, 15) is 24.0 Å². The first-order valence-electron chi connectivity index (χ1n) is 13.4. The minimum absolute atomic E-state index is 0.0580. The number of imide groups is 1. The average Bonchev–Trinajstić information content (AvgIpc) is 3.65. The molecule has 6 rings (SSSR count). The van der Waals surface area contributed by atoms with Crippen LogP contribution in [0.3, 0.4) is 0 Å². The zero-order valence-corrected chi connectivity index (χ0v) is 21.9. The number of hydrogen-bond acceptors (Lipinski definition) is 7. The van der Waals surface area contributed by atoms with Gasteiger partial charge in [-0.2, -0.15) is 0 Å². The molecule has 0 radical (unpaired) electrons. The Bertz CT molecular complexity index is 1500. The quantitative estimate of drug-likeness (QED) is 0.185. The summed E-state index contributed by atoms with van der Waals surface area (Å²) in [6.07, 6.45) is 2.84. The van der Waals surface area contributed by atoms with Gasteiger partial charge < -0.3 is 9.47 Å². The summed E-state index contributed by atoms with van der Waals surface area (Å²) in [6, 6.07) is 19.3. The predicted molar refractivity (Wildman–Crippen MR) is 144 cm³/mol. The molecule has 0 N–H and O–H groups in total. The molecule has 0 spiro atoms. The summed E-state index contributed by atoms with van der Waals surface area (Å²) in [4.78, 5) is 65.7. The molecule has 1 heterocycles. The maximum atomic E-state index is 13.3. The molecule has 4 atom stereocenters. The van der Waals surface area contributed by atoms with Crippen LogP contribution < -0.4 is 9.64 Å². The van der Waals surface area contributed by atoms with Crippen LogP contribution in [0.5, 0.6) is 5.75 Å². The van der Waals surface area contributed by atoms with Crippen molar-refractivity contribution in [2.45, 2.75) is 26.2 Å². The van der Waals surface area contributed by atoms with E-state index in [1.54, 1.807) is 30.3 Å². The molecule has 3 aromatic rings. The highest BCUT2D eigenvalue weighted by Gasteiger charge is 2.61. The third kappa shape index (κ3) is 4.49. The Morgan fingerprint density at radius 3 is 2.02 bits per heavy atom. The monoisotopic (exact) mass is 537 g/mol. The number of para-hydroxylation sites is 1. The molecule has 0 aromatic heterocycles. The number of esters is 2. The van der Waals surface area contributed by atoms with Crippen molar-refractivity contribution in [3.05, 3.63) is 95.1 Å². The number of Topliss-reactive ketones (excluding diaryl/α,β-unsaturated/α-hetero) is 1. The second kappa shape index (κ2) is 10.2.